The van der Waals surface area contributed by atoms with Gasteiger partial charge in [-0.3, -0.25) is 4.79 Å². The van der Waals surface area contributed by atoms with Crippen LogP contribution in [0.2, 0.25) is 0 Å². The number of carbonyl (C=O) groups is 1. The molecule has 0 radical (unpaired) electrons. The summed E-state index contributed by atoms with van der Waals surface area (Å²) in [4.78, 5) is 19.8. The highest BCUT2D eigenvalue weighted by Crippen LogP contribution is 2.44. The second-order valence-corrected chi connectivity index (χ2v) is 10.4. The molecule has 2 aliphatic rings. The van der Waals surface area contributed by atoms with E-state index in [1.807, 2.05) is 18.7 Å². The smallest absolute Gasteiger partial charge is 0.265 e. The number of nitrogens with zero attached hydrogens (tertiary/aromatic N) is 3. The SMILES string of the molecule is COC[C@@]12CCN(C(=O)c3sc(C)nc3C)C[C@@H]1CN(S(C)(=O)=O)C2. The molecule has 0 N–H and O–H groups in total. The van der Waals surface area contributed by atoms with Crippen LogP contribution in [0.4, 0.5) is 0 Å². The number of fused-ring (bicyclic) bond motifs is 1. The van der Waals surface area contributed by atoms with Crippen LogP contribution in [0.5, 0.6) is 0 Å². The van der Waals surface area contributed by atoms with Gasteiger partial charge >= 0.3 is 0 Å². The molecule has 2 aliphatic heterocycles. The van der Waals surface area contributed by atoms with Crippen molar-refractivity contribution < 1.29 is 17.9 Å². The van der Waals surface area contributed by atoms with Crippen molar-refractivity contribution in [2.45, 2.75) is 20.3 Å². The van der Waals surface area contributed by atoms with Gasteiger partial charge in [0.1, 0.15) is 4.88 Å². The molecule has 1 aromatic rings. The number of sulfonamides is 1. The summed E-state index contributed by atoms with van der Waals surface area (Å²) in [5, 5.41) is 0.885. The Morgan fingerprint density at radius 1 is 1.40 bits per heavy atom. The summed E-state index contributed by atoms with van der Waals surface area (Å²) in [5.41, 5.74) is 0.568. The summed E-state index contributed by atoms with van der Waals surface area (Å²) in [6.07, 6.45) is 2.00. The third kappa shape index (κ3) is 3.47. The highest BCUT2D eigenvalue weighted by atomic mass is 32.2. The molecular formula is C16H25N3O4S2. The molecule has 3 rings (SSSR count). The maximum Gasteiger partial charge on any atom is 0.265 e. The summed E-state index contributed by atoms with van der Waals surface area (Å²) in [5.74, 6) is 0.0983. The van der Waals surface area contributed by atoms with Gasteiger partial charge in [-0.2, -0.15) is 0 Å². The number of carbonyl (C=O) groups excluding carboxylic acids is 1. The molecule has 0 aliphatic carbocycles. The first-order chi connectivity index (χ1) is 11.7. The van der Waals surface area contributed by atoms with Crippen LogP contribution in [0.15, 0.2) is 0 Å². The number of piperidine rings is 1. The van der Waals surface area contributed by atoms with Crippen LogP contribution in [0.3, 0.4) is 0 Å². The monoisotopic (exact) mass is 387 g/mol. The van der Waals surface area contributed by atoms with Gasteiger partial charge < -0.3 is 9.64 Å². The van der Waals surface area contributed by atoms with Crippen molar-refractivity contribution in [3.8, 4) is 0 Å². The van der Waals surface area contributed by atoms with Gasteiger partial charge in [0, 0.05) is 38.7 Å². The molecule has 2 saturated heterocycles. The molecule has 0 aromatic carbocycles. The number of hydrogen-bond acceptors (Lipinski definition) is 6. The van der Waals surface area contributed by atoms with Crippen LogP contribution < -0.4 is 0 Å². The third-order valence-electron chi connectivity index (χ3n) is 5.39. The van der Waals surface area contributed by atoms with E-state index >= 15 is 0 Å². The van der Waals surface area contributed by atoms with Gasteiger partial charge in [-0.05, 0) is 26.2 Å². The maximum absolute atomic E-state index is 12.9. The Labute approximate surface area is 153 Å². The molecule has 0 unspecified atom stereocenters. The molecule has 1 amide bonds. The second kappa shape index (κ2) is 6.61. The Kier molecular flexibility index (Phi) is 4.95. The van der Waals surface area contributed by atoms with Gasteiger partial charge in [0.2, 0.25) is 10.0 Å². The number of aryl methyl sites for hydroxylation is 2. The van der Waals surface area contributed by atoms with Gasteiger partial charge in [0.25, 0.3) is 5.91 Å². The van der Waals surface area contributed by atoms with Crippen LogP contribution in [-0.2, 0) is 14.8 Å². The van der Waals surface area contributed by atoms with Crippen molar-refractivity contribution in [2.75, 3.05) is 46.2 Å². The topological polar surface area (TPSA) is 79.8 Å². The predicted molar refractivity (Wildman–Crippen MR) is 96.3 cm³/mol. The molecule has 2 atom stereocenters. The normalized spacial score (nSPS) is 27.5. The number of likely N-dealkylation sites (tertiary alicyclic amines) is 1. The zero-order valence-electron chi connectivity index (χ0n) is 15.1. The van der Waals surface area contributed by atoms with Crippen molar-refractivity contribution in [1.82, 2.24) is 14.2 Å². The largest absolute Gasteiger partial charge is 0.384 e. The number of methoxy groups -OCH3 is 1. The quantitative estimate of drug-likeness (QED) is 0.774. The lowest BCUT2D eigenvalue weighted by Crippen LogP contribution is -2.50. The molecule has 140 valence electrons. The number of ether oxygens (including phenoxy) is 1. The fraction of sp³-hybridized carbons (Fsp3) is 0.750. The lowest BCUT2D eigenvalue weighted by molar-refractivity contribution is 0.00356. The Morgan fingerprint density at radius 3 is 2.68 bits per heavy atom. The lowest BCUT2D eigenvalue weighted by Gasteiger charge is -2.43. The molecular weight excluding hydrogens is 362 g/mol. The summed E-state index contributed by atoms with van der Waals surface area (Å²) in [7, 11) is -1.60. The van der Waals surface area contributed by atoms with Crippen molar-refractivity contribution in [1.29, 1.82) is 0 Å². The van der Waals surface area contributed by atoms with E-state index in [-0.39, 0.29) is 17.2 Å². The van der Waals surface area contributed by atoms with Crippen molar-refractivity contribution in [3.63, 3.8) is 0 Å². The number of thiazole rings is 1. The fourth-order valence-electron chi connectivity index (χ4n) is 4.07. The van der Waals surface area contributed by atoms with Gasteiger partial charge in [0.15, 0.2) is 0 Å². The van der Waals surface area contributed by atoms with Gasteiger partial charge in [-0.25, -0.2) is 17.7 Å². The molecule has 9 heteroatoms. The molecule has 25 heavy (non-hydrogen) atoms. The number of rotatable bonds is 4. The van der Waals surface area contributed by atoms with Gasteiger partial charge in [-0.15, -0.1) is 11.3 Å². The van der Waals surface area contributed by atoms with Crippen LogP contribution in [0.25, 0.3) is 0 Å². The first kappa shape index (κ1) is 18.8. The van der Waals surface area contributed by atoms with Crippen LogP contribution >= 0.6 is 11.3 Å². The molecule has 3 heterocycles. The van der Waals surface area contributed by atoms with E-state index in [0.717, 1.165) is 17.1 Å². The Balaban J connectivity index is 1.81. The van der Waals surface area contributed by atoms with E-state index < -0.39 is 10.0 Å². The van der Waals surface area contributed by atoms with E-state index in [9.17, 15) is 13.2 Å². The number of aromatic nitrogens is 1. The molecule has 7 nitrogen and oxygen atoms in total. The minimum absolute atomic E-state index is 0.00641. The van der Waals surface area contributed by atoms with Crippen LogP contribution in [0, 0.1) is 25.2 Å². The van der Waals surface area contributed by atoms with E-state index in [4.69, 9.17) is 4.74 Å². The molecule has 0 saturated carbocycles. The standard InChI is InChI=1S/C16H25N3O4S2/c1-11-14(24-12(2)17-11)15(20)18-6-5-16(10-23-3)9-19(25(4,21)22)8-13(16)7-18/h13H,5-10H2,1-4H3/t13-,16+/m1/s1. The zero-order chi connectivity index (χ0) is 18.4. The lowest BCUT2D eigenvalue weighted by atomic mass is 9.73. The van der Waals surface area contributed by atoms with Crippen LogP contribution in [-0.4, -0.2) is 74.7 Å². The zero-order valence-corrected chi connectivity index (χ0v) is 16.7. The Hall–Kier alpha value is -1.03. The van der Waals surface area contributed by atoms with E-state index in [2.05, 4.69) is 4.98 Å². The molecule has 2 fully saturated rings. The summed E-state index contributed by atoms with van der Waals surface area (Å²) in [6.45, 7) is 6.38. The fourth-order valence-corrected chi connectivity index (χ4v) is 5.90. The number of amides is 1. The molecule has 0 spiro atoms. The van der Waals surface area contributed by atoms with Crippen molar-refractivity contribution in [3.05, 3.63) is 15.6 Å². The first-order valence-corrected chi connectivity index (χ1v) is 11.0. The summed E-state index contributed by atoms with van der Waals surface area (Å²) >= 11 is 1.42. The number of hydrogen-bond donors (Lipinski definition) is 0. The van der Waals surface area contributed by atoms with Crippen molar-refractivity contribution >= 4 is 27.3 Å². The average Bonchev–Trinajstić information content (AvgIpc) is 3.06. The average molecular weight is 388 g/mol. The third-order valence-corrected chi connectivity index (χ3v) is 7.66. The first-order valence-electron chi connectivity index (χ1n) is 8.34. The maximum atomic E-state index is 12.9. The predicted octanol–water partition coefficient (Wildman–Crippen LogP) is 1.13. The van der Waals surface area contributed by atoms with E-state index in [0.29, 0.717) is 37.7 Å². The molecule has 0 bridgehead atoms. The van der Waals surface area contributed by atoms with Crippen molar-refractivity contribution in [2.24, 2.45) is 11.3 Å². The summed E-state index contributed by atoms with van der Waals surface area (Å²) < 4.78 is 31.0. The second-order valence-electron chi connectivity index (χ2n) is 7.20. The van der Waals surface area contributed by atoms with Crippen LogP contribution in [0.1, 0.15) is 26.8 Å². The van der Waals surface area contributed by atoms with E-state index in [1.165, 1.54) is 21.9 Å². The summed E-state index contributed by atoms with van der Waals surface area (Å²) in [6, 6.07) is 0. The van der Waals surface area contributed by atoms with Gasteiger partial charge in [0.05, 0.1) is 23.6 Å². The Morgan fingerprint density at radius 2 is 2.12 bits per heavy atom. The highest BCUT2D eigenvalue weighted by Gasteiger charge is 2.52. The highest BCUT2D eigenvalue weighted by molar-refractivity contribution is 7.88. The molecule has 1 aromatic heterocycles. The minimum atomic E-state index is -3.24. The Bertz CT molecular complexity index is 776. The minimum Gasteiger partial charge on any atom is -0.384 e. The van der Waals surface area contributed by atoms with Gasteiger partial charge in [-0.1, -0.05) is 0 Å². The van der Waals surface area contributed by atoms with E-state index in [1.54, 1.807) is 7.11 Å².